The van der Waals surface area contributed by atoms with Gasteiger partial charge in [0.25, 0.3) is 0 Å². The summed E-state index contributed by atoms with van der Waals surface area (Å²) < 4.78 is 0. The van der Waals surface area contributed by atoms with Gasteiger partial charge in [-0.05, 0) is 54.9 Å². The van der Waals surface area contributed by atoms with Crippen LogP contribution in [0.4, 0.5) is 0 Å². The van der Waals surface area contributed by atoms with Crippen molar-refractivity contribution < 1.29 is 0 Å². The lowest BCUT2D eigenvalue weighted by Gasteiger charge is -2.19. The standard InChI is InChI=1S/C14H18ClNS/c1-9(14(16)17)6-12-7-10-4-2-3-5-11(10)8-13(12)15/h7-9H,2-6H2,1H3,(H2,16,17). The average molecular weight is 268 g/mol. The van der Waals surface area contributed by atoms with Crippen molar-refractivity contribution in [3.8, 4) is 0 Å². The molecule has 17 heavy (non-hydrogen) atoms. The SMILES string of the molecule is CC(Cc1cc2c(cc1Cl)CCCC2)C(N)=S. The molecule has 92 valence electrons. The molecule has 0 bridgehead atoms. The van der Waals surface area contributed by atoms with Crippen LogP contribution >= 0.6 is 23.8 Å². The zero-order chi connectivity index (χ0) is 12.4. The molecule has 1 unspecified atom stereocenters. The average Bonchev–Trinajstić information content (AvgIpc) is 2.29. The molecule has 0 radical (unpaired) electrons. The number of rotatable bonds is 3. The van der Waals surface area contributed by atoms with E-state index < -0.39 is 0 Å². The third-order valence-electron chi connectivity index (χ3n) is 3.52. The summed E-state index contributed by atoms with van der Waals surface area (Å²) in [7, 11) is 0. The zero-order valence-corrected chi connectivity index (χ0v) is 11.7. The van der Waals surface area contributed by atoms with E-state index in [9.17, 15) is 0 Å². The molecule has 1 aliphatic carbocycles. The largest absolute Gasteiger partial charge is 0.393 e. The Bertz CT molecular complexity index is 442. The summed E-state index contributed by atoms with van der Waals surface area (Å²) in [6.07, 6.45) is 5.77. The first kappa shape index (κ1) is 12.8. The number of halogens is 1. The van der Waals surface area contributed by atoms with Crippen molar-refractivity contribution >= 4 is 28.8 Å². The fourth-order valence-corrected chi connectivity index (χ4v) is 2.74. The highest BCUT2D eigenvalue weighted by molar-refractivity contribution is 7.80. The smallest absolute Gasteiger partial charge is 0.0759 e. The van der Waals surface area contributed by atoms with E-state index >= 15 is 0 Å². The first-order valence-corrected chi connectivity index (χ1v) is 6.96. The first-order chi connectivity index (χ1) is 8.08. The van der Waals surface area contributed by atoms with Crippen LogP contribution < -0.4 is 5.73 Å². The molecule has 1 aromatic rings. The minimum Gasteiger partial charge on any atom is -0.393 e. The van der Waals surface area contributed by atoms with Gasteiger partial charge in [-0.25, -0.2) is 0 Å². The number of thiocarbonyl (C=S) groups is 1. The summed E-state index contributed by atoms with van der Waals surface area (Å²) in [5.74, 6) is 0.212. The molecule has 0 spiro atoms. The predicted octanol–water partition coefficient (Wildman–Crippen LogP) is 3.68. The molecule has 2 rings (SSSR count). The lowest BCUT2D eigenvalue weighted by molar-refractivity contribution is 0.681. The van der Waals surface area contributed by atoms with E-state index in [1.807, 2.05) is 0 Å². The normalized spacial score (nSPS) is 16.4. The number of nitrogens with two attached hydrogens (primary N) is 1. The fourth-order valence-electron chi connectivity index (χ4n) is 2.39. The molecular formula is C14H18ClNS. The topological polar surface area (TPSA) is 26.0 Å². The highest BCUT2D eigenvalue weighted by atomic mass is 35.5. The van der Waals surface area contributed by atoms with Crippen molar-refractivity contribution in [2.24, 2.45) is 11.7 Å². The Morgan fingerprint density at radius 2 is 1.94 bits per heavy atom. The number of aryl methyl sites for hydroxylation is 2. The monoisotopic (exact) mass is 267 g/mol. The number of fused-ring (bicyclic) bond motifs is 1. The van der Waals surface area contributed by atoms with Gasteiger partial charge >= 0.3 is 0 Å². The summed E-state index contributed by atoms with van der Waals surface area (Å²) in [6.45, 7) is 2.05. The second-order valence-corrected chi connectivity index (χ2v) is 5.81. The quantitative estimate of drug-likeness (QED) is 0.846. The van der Waals surface area contributed by atoms with Crippen molar-refractivity contribution in [2.45, 2.75) is 39.0 Å². The third kappa shape index (κ3) is 2.99. The second kappa shape index (κ2) is 5.36. The second-order valence-electron chi connectivity index (χ2n) is 4.93. The minimum absolute atomic E-state index is 0.212. The zero-order valence-electron chi connectivity index (χ0n) is 10.1. The molecule has 0 heterocycles. The van der Waals surface area contributed by atoms with Crippen molar-refractivity contribution in [3.05, 3.63) is 33.8 Å². The summed E-state index contributed by atoms with van der Waals surface area (Å²) in [5.41, 5.74) is 9.74. The molecule has 1 nitrogen and oxygen atoms in total. The molecule has 0 saturated carbocycles. The highest BCUT2D eigenvalue weighted by Crippen LogP contribution is 2.29. The first-order valence-electron chi connectivity index (χ1n) is 6.17. The van der Waals surface area contributed by atoms with Crippen LogP contribution in [0.25, 0.3) is 0 Å². The predicted molar refractivity (Wildman–Crippen MR) is 77.7 cm³/mol. The van der Waals surface area contributed by atoms with Crippen LogP contribution in [-0.2, 0) is 19.3 Å². The van der Waals surface area contributed by atoms with Gasteiger partial charge in [0, 0.05) is 10.9 Å². The molecule has 1 atom stereocenters. The van der Waals surface area contributed by atoms with Crippen molar-refractivity contribution in [3.63, 3.8) is 0 Å². The Kier molecular flexibility index (Phi) is 4.05. The van der Waals surface area contributed by atoms with Gasteiger partial charge in [-0.15, -0.1) is 0 Å². The van der Waals surface area contributed by atoms with Crippen molar-refractivity contribution in [2.75, 3.05) is 0 Å². The summed E-state index contributed by atoms with van der Waals surface area (Å²) in [5, 5.41) is 0.869. The van der Waals surface area contributed by atoms with Crippen molar-refractivity contribution in [1.82, 2.24) is 0 Å². The van der Waals surface area contributed by atoms with E-state index in [0.29, 0.717) is 4.99 Å². The molecule has 0 aliphatic heterocycles. The van der Waals surface area contributed by atoms with Crippen LogP contribution in [0.1, 0.15) is 36.5 Å². The van der Waals surface area contributed by atoms with Gasteiger partial charge in [-0.1, -0.05) is 36.8 Å². The molecule has 3 heteroatoms. The fraction of sp³-hybridized carbons (Fsp3) is 0.500. The van der Waals surface area contributed by atoms with E-state index in [2.05, 4.69) is 19.1 Å². The Balaban J connectivity index is 2.25. The molecule has 2 N–H and O–H groups in total. The molecule has 0 aromatic heterocycles. The van der Waals surface area contributed by atoms with Crippen LogP contribution in [0.2, 0.25) is 5.02 Å². The van der Waals surface area contributed by atoms with Crippen LogP contribution in [-0.4, -0.2) is 4.99 Å². The summed E-state index contributed by atoms with van der Waals surface area (Å²) >= 11 is 11.3. The van der Waals surface area contributed by atoms with Gasteiger partial charge in [0.2, 0.25) is 0 Å². The summed E-state index contributed by atoms with van der Waals surface area (Å²) in [6, 6.07) is 4.39. The van der Waals surface area contributed by atoms with Crippen LogP contribution in [0, 0.1) is 5.92 Å². The number of hydrogen-bond acceptors (Lipinski definition) is 1. The molecule has 0 saturated heterocycles. The van der Waals surface area contributed by atoms with Crippen LogP contribution in [0.15, 0.2) is 12.1 Å². The lowest BCUT2D eigenvalue weighted by atomic mass is 9.88. The van der Waals surface area contributed by atoms with E-state index in [0.717, 1.165) is 11.4 Å². The maximum atomic E-state index is 6.33. The van der Waals surface area contributed by atoms with Gasteiger partial charge in [-0.2, -0.15) is 0 Å². The third-order valence-corrected chi connectivity index (χ3v) is 4.28. The molecule has 1 aromatic carbocycles. The lowest BCUT2D eigenvalue weighted by Crippen LogP contribution is -2.20. The Labute approximate surface area is 113 Å². The van der Waals surface area contributed by atoms with Crippen molar-refractivity contribution in [1.29, 1.82) is 0 Å². The Morgan fingerprint density at radius 3 is 2.53 bits per heavy atom. The van der Waals surface area contributed by atoms with E-state index in [1.165, 1.54) is 42.4 Å². The van der Waals surface area contributed by atoms with Gasteiger partial charge in [0.15, 0.2) is 0 Å². The Morgan fingerprint density at radius 1 is 1.35 bits per heavy atom. The van der Waals surface area contributed by atoms with E-state index in [4.69, 9.17) is 29.6 Å². The molecule has 1 aliphatic rings. The van der Waals surface area contributed by atoms with Gasteiger partial charge < -0.3 is 5.73 Å². The van der Waals surface area contributed by atoms with E-state index in [1.54, 1.807) is 0 Å². The van der Waals surface area contributed by atoms with Crippen LogP contribution in [0.5, 0.6) is 0 Å². The van der Waals surface area contributed by atoms with E-state index in [-0.39, 0.29) is 5.92 Å². The minimum atomic E-state index is 0.212. The van der Waals surface area contributed by atoms with Gasteiger partial charge in [0.05, 0.1) is 4.99 Å². The highest BCUT2D eigenvalue weighted by Gasteiger charge is 2.15. The summed E-state index contributed by atoms with van der Waals surface area (Å²) in [4.78, 5) is 0.568. The molecule has 0 fully saturated rings. The van der Waals surface area contributed by atoms with Gasteiger partial charge in [-0.3, -0.25) is 0 Å². The molecular weight excluding hydrogens is 250 g/mol. The van der Waals surface area contributed by atoms with Gasteiger partial charge in [0.1, 0.15) is 0 Å². The number of benzene rings is 1. The Hall–Kier alpha value is -0.600. The number of hydrogen-bond donors (Lipinski definition) is 1. The maximum absolute atomic E-state index is 6.33. The maximum Gasteiger partial charge on any atom is 0.0759 e. The van der Waals surface area contributed by atoms with Crippen LogP contribution in [0.3, 0.4) is 0 Å². The molecule has 0 amide bonds.